The lowest BCUT2D eigenvalue weighted by Gasteiger charge is -2.10. The zero-order valence-electron chi connectivity index (χ0n) is 9.90. The maximum absolute atomic E-state index is 5.85. The lowest BCUT2D eigenvalue weighted by Crippen LogP contribution is -2.08. The van der Waals surface area contributed by atoms with Crippen molar-refractivity contribution in [3.63, 3.8) is 0 Å². The van der Waals surface area contributed by atoms with E-state index < -0.39 is 0 Å². The standard InChI is InChI=1S/C11H15N5S/c1-3-9-15-10(12)7(2)11(16-9)14-5-8-4-13-6-17-8/h4,6H,3,5H2,1-2H3,(H3,12,14,15,16). The number of thiazole rings is 1. The van der Waals surface area contributed by atoms with E-state index in [0.29, 0.717) is 12.4 Å². The summed E-state index contributed by atoms with van der Waals surface area (Å²) in [6.45, 7) is 4.64. The van der Waals surface area contributed by atoms with Crippen LogP contribution in [0.1, 0.15) is 23.2 Å². The van der Waals surface area contributed by atoms with Crippen LogP contribution in [0, 0.1) is 6.92 Å². The number of nitrogens with one attached hydrogen (secondary N) is 1. The summed E-state index contributed by atoms with van der Waals surface area (Å²) in [5, 5.41) is 3.27. The summed E-state index contributed by atoms with van der Waals surface area (Å²) in [6, 6.07) is 0. The van der Waals surface area contributed by atoms with E-state index in [-0.39, 0.29) is 0 Å². The molecule has 0 saturated carbocycles. The maximum atomic E-state index is 5.85. The van der Waals surface area contributed by atoms with Gasteiger partial charge in [-0.3, -0.25) is 4.98 Å². The van der Waals surface area contributed by atoms with Crippen LogP contribution < -0.4 is 11.1 Å². The van der Waals surface area contributed by atoms with Crippen molar-refractivity contribution in [2.24, 2.45) is 0 Å². The van der Waals surface area contributed by atoms with Gasteiger partial charge in [0.2, 0.25) is 0 Å². The van der Waals surface area contributed by atoms with Crippen LogP contribution >= 0.6 is 11.3 Å². The summed E-state index contributed by atoms with van der Waals surface area (Å²) >= 11 is 1.61. The third-order valence-electron chi connectivity index (χ3n) is 2.46. The number of aromatic nitrogens is 3. The molecule has 2 aromatic rings. The van der Waals surface area contributed by atoms with Gasteiger partial charge in [0.05, 0.1) is 12.1 Å². The molecule has 90 valence electrons. The Morgan fingerprint density at radius 3 is 2.88 bits per heavy atom. The summed E-state index contributed by atoms with van der Waals surface area (Å²) in [5.74, 6) is 2.12. The molecule has 17 heavy (non-hydrogen) atoms. The Morgan fingerprint density at radius 1 is 1.41 bits per heavy atom. The second-order valence-electron chi connectivity index (χ2n) is 3.67. The van der Waals surface area contributed by atoms with Gasteiger partial charge < -0.3 is 11.1 Å². The zero-order chi connectivity index (χ0) is 12.3. The molecule has 0 aliphatic carbocycles. The molecule has 2 heterocycles. The number of nitrogens with zero attached hydrogens (tertiary/aromatic N) is 3. The normalized spacial score (nSPS) is 10.5. The number of rotatable bonds is 4. The highest BCUT2D eigenvalue weighted by atomic mass is 32.1. The number of nitrogens with two attached hydrogens (primary N) is 1. The SMILES string of the molecule is CCc1nc(N)c(C)c(NCc2cncs2)n1. The minimum absolute atomic E-state index is 0.545. The smallest absolute Gasteiger partial charge is 0.135 e. The van der Waals surface area contributed by atoms with Gasteiger partial charge in [-0.2, -0.15) is 0 Å². The van der Waals surface area contributed by atoms with Gasteiger partial charge in [0.1, 0.15) is 17.5 Å². The second kappa shape index (κ2) is 5.09. The van der Waals surface area contributed by atoms with Crippen molar-refractivity contribution in [1.29, 1.82) is 0 Å². The first kappa shape index (κ1) is 11.8. The van der Waals surface area contributed by atoms with Crippen molar-refractivity contribution in [2.75, 3.05) is 11.1 Å². The van der Waals surface area contributed by atoms with Gasteiger partial charge in [-0.15, -0.1) is 11.3 Å². The van der Waals surface area contributed by atoms with Gasteiger partial charge in [0.15, 0.2) is 0 Å². The Hall–Kier alpha value is -1.69. The van der Waals surface area contributed by atoms with Crippen LogP contribution in [0.4, 0.5) is 11.6 Å². The van der Waals surface area contributed by atoms with Crippen LogP contribution in [0.3, 0.4) is 0 Å². The molecule has 0 amide bonds. The van der Waals surface area contributed by atoms with Crippen LogP contribution in [0.2, 0.25) is 0 Å². The fraction of sp³-hybridized carbons (Fsp3) is 0.364. The Balaban J connectivity index is 2.17. The molecule has 0 aromatic carbocycles. The fourth-order valence-electron chi connectivity index (χ4n) is 1.41. The Kier molecular flexibility index (Phi) is 3.53. The van der Waals surface area contributed by atoms with Crippen LogP contribution in [0.5, 0.6) is 0 Å². The summed E-state index contributed by atoms with van der Waals surface area (Å²) in [6.07, 6.45) is 2.62. The van der Waals surface area contributed by atoms with E-state index in [1.165, 1.54) is 4.88 Å². The van der Waals surface area contributed by atoms with Gasteiger partial charge >= 0.3 is 0 Å². The molecule has 0 bridgehead atoms. The summed E-state index contributed by atoms with van der Waals surface area (Å²) < 4.78 is 0. The Labute approximate surface area is 104 Å². The van der Waals surface area contributed by atoms with Crippen LogP contribution in [-0.4, -0.2) is 15.0 Å². The van der Waals surface area contributed by atoms with E-state index in [2.05, 4.69) is 20.3 Å². The molecular formula is C11H15N5S. The van der Waals surface area contributed by atoms with Crippen LogP contribution in [0.25, 0.3) is 0 Å². The first-order valence-electron chi connectivity index (χ1n) is 5.45. The highest BCUT2D eigenvalue weighted by molar-refractivity contribution is 7.09. The van der Waals surface area contributed by atoms with Crippen molar-refractivity contribution in [3.8, 4) is 0 Å². The van der Waals surface area contributed by atoms with Gasteiger partial charge in [0.25, 0.3) is 0 Å². The molecule has 0 fully saturated rings. The molecule has 2 rings (SSSR count). The first-order chi connectivity index (χ1) is 8.20. The van der Waals surface area contributed by atoms with E-state index in [1.54, 1.807) is 11.3 Å². The fourth-order valence-corrected chi connectivity index (χ4v) is 1.95. The number of nitrogen functional groups attached to an aromatic ring is 1. The van der Waals surface area contributed by atoms with E-state index >= 15 is 0 Å². The summed E-state index contributed by atoms with van der Waals surface area (Å²) in [7, 11) is 0. The molecular weight excluding hydrogens is 234 g/mol. The topological polar surface area (TPSA) is 76.7 Å². The molecule has 0 aliphatic rings. The minimum atomic E-state index is 0.545. The summed E-state index contributed by atoms with van der Waals surface area (Å²) in [4.78, 5) is 13.8. The number of hydrogen-bond donors (Lipinski definition) is 2. The van der Waals surface area contributed by atoms with Crippen molar-refractivity contribution in [3.05, 3.63) is 28.0 Å². The first-order valence-corrected chi connectivity index (χ1v) is 6.33. The third-order valence-corrected chi connectivity index (χ3v) is 3.24. The van der Waals surface area contributed by atoms with E-state index in [9.17, 15) is 0 Å². The van der Waals surface area contributed by atoms with E-state index in [1.807, 2.05) is 25.6 Å². The highest BCUT2D eigenvalue weighted by Gasteiger charge is 2.07. The van der Waals surface area contributed by atoms with E-state index in [0.717, 1.165) is 23.6 Å². The van der Waals surface area contributed by atoms with Crippen molar-refractivity contribution >= 4 is 23.0 Å². The van der Waals surface area contributed by atoms with Gasteiger partial charge in [-0.1, -0.05) is 6.92 Å². The molecule has 2 aromatic heterocycles. The Morgan fingerprint density at radius 2 is 2.24 bits per heavy atom. The largest absolute Gasteiger partial charge is 0.383 e. The molecule has 3 N–H and O–H groups in total. The van der Waals surface area contributed by atoms with Gasteiger partial charge in [0, 0.05) is 23.1 Å². The molecule has 0 radical (unpaired) electrons. The molecule has 0 atom stereocenters. The molecule has 0 spiro atoms. The maximum Gasteiger partial charge on any atom is 0.135 e. The number of aryl methyl sites for hydroxylation is 1. The lowest BCUT2D eigenvalue weighted by molar-refractivity contribution is 0.929. The average molecular weight is 249 g/mol. The van der Waals surface area contributed by atoms with Crippen LogP contribution in [0.15, 0.2) is 11.7 Å². The predicted molar refractivity (Wildman–Crippen MR) is 70.0 cm³/mol. The summed E-state index contributed by atoms with van der Waals surface area (Å²) in [5.41, 5.74) is 8.56. The molecule has 0 unspecified atom stereocenters. The van der Waals surface area contributed by atoms with Crippen molar-refractivity contribution < 1.29 is 0 Å². The molecule has 6 heteroatoms. The molecule has 0 aliphatic heterocycles. The lowest BCUT2D eigenvalue weighted by atomic mass is 10.3. The van der Waals surface area contributed by atoms with Crippen LogP contribution in [-0.2, 0) is 13.0 Å². The molecule has 5 nitrogen and oxygen atoms in total. The monoisotopic (exact) mass is 249 g/mol. The quantitative estimate of drug-likeness (QED) is 0.866. The number of anilines is 2. The zero-order valence-corrected chi connectivity index (χ0v) is 10.7. The number of hydrogen-bond acceptors (Lipinski definition) is 6. The highest BCUT2D eigenvalue weighted by Crippen LogP contribution is 2.18. The Bertz CT molecular complexity index is 495. The van der Waals surface area contributed by atoms with Crippen molar-refractivity contribution in [1.82, 2.24) is 15.0 Å². The average Bonchev–Trinajstić information content (AvgIpc) is 2.84. The van der Waals surface area contributed by atoms with E-state index in [4.69, 9.17) is 5.73 Å². The third kappa shape index (κ3) is 2.71. The van der Waals surface area contributed by atoms with Crippen molar-refractivity contribution in [2.45, 2.75) is 26.8 Å². The minimum Gasteiger partial charge on any atom is -0.383 e. The molecule has 0 saturated heterocycles. The van der Waals surface area contributed by atoms with Gasteiger partial charge in [-0.05, 0) is 6.92 Å². The predicted octanol–water partition coefficient (Wildman–Crippen LogP) is 2.00. The van der Waals surface area contributed by atoms with Gasteiger partial charge in [-0.25, -0.2) is 9.97 Å². The second-order valence-corrected chi connectivity index (χ2v) is 4.64.